The Morgan fingerprint density at radius 2 is 2.00 bits per heavy atom. The van der Waals surface area contributed by atoms with Gasteiger partial charge in [0, 0.05) is 23.4 Å². The van der Waals surface area contributed by atoms with Gasteiger partial charge in [0.15, 0.2) is 0 Å². The molecule has 3 heteroatoms. The van der Waals surface area contributed by atoms with E-state index in [4.69, 9.17) is 19.8 Å². The van der Waals surface area contributed by atoms with Crippen molar-refractivity contribution in [3.63, 3.8) is 0 Å². The number of aliphatic hydroxyl groups is 1. The summed E-state index contributed by atoms with van der Waals surface area (Å²) < 4.78 is 89.6. The number of rotatable bonds is 5. The average molecular weight is 288 g/mol. The van der Waals surface area contributed by atoms with Gasteiger partial charge in [-0.2, -0.15) is 0 Å². The molecule has 1 aliphatic carbocycles. The molecule has 0 radical (unpaired) electrons. The fraction of sp³-hybridized carbons (Fsp3) is 0.647. The topological polar surface area (TPSA) is 32.7 Å². The highest BCUT2D eigenvalue weighted by Crippen LogP contribution is 2.40. The quantitative estimate of drug-likeness (QED) is 0.904. The van der Waals surface area contributed by atoms with E-state index in [-0.39, 0.29) is 29.1 Å². The van der Waals surface area contributed by atoms with Gasteiger partial charge in [-0.3, -0.25) is 0 Å². The van der Waals surface area contributed by atoms with Crippen molar-refractivity contribution in [2.75, 3.05) is 27.5 Å². The number of hydrogen-bond donors (Lipinski definition) is 1. The van der Waals surface area contributed by atoms with Gasteiger partial charge in [-0.15, -0.1) is 0 Å². The minimum atomic E-state index is -3.30. The Morgan fingerprint density at radius 3 is 2.60 bits per heavy atom. The SMILES string of the molecule is [2H]C([2H])([2H])Oc1ccc([C@@H](C2(O)CCCCC2)C([2H])([2H])N(C([2H])([2H])[2H])C([2H])([2H])[2H])cc1. The van der Waals surface area contributed by atoms with Crippen LogP contribution in [0.15, 0.2) is 24.3 Å². The van der Waals surface area contributed by atoms with Crippen molar-refractivity contribution >= 4 is 0 Å². The molecule has 1 aromatic carbocycles. The van der Waals surface area contributed by atoms with E-state index in [2.05, 4.69) is 0 Å². The van der Waals surface area contributed by atoms with Gasteiger partial charge >= 0.3 is 0 Å². The number of nitrogens with zero attached hydrogens (tertiary/aromatic N) is 1. The predicted octanol–water partition coefficient (Wildman–Crippen LogP) is 3.04. The van der Waals surface area contributed by atoms with E-state index in [0.29, 0.717) is 12.8 Å². The third-order valence-electron chi connectivity index (χ3n) is 3.85. The van der Waals surface area contributed by atoms with E-state index < -0.39 is 39.0 Å². The van der Waals surface area contributed by atoms with Crippen molar-refractivity contribution in [3.8, 4) is 5.75 Å². The van der Waals surface area contributed by atoms with Gasteiger partial charge in [0.2, 0.25) is 0 Å². The zero-order valence-corrected chi connectivity index (χ0v) is 11.2. The van der Waals surface area contributed by atoms with E-state index in [1.165, 1.54) is 24.3 Å². The molecule has 0 saturated heterocycles. The van der Waals surface area contributed by atoms with Crippen molar-refractivity contribution in [1.29, 1.82) is 0 Å². The van der Waals surface area contributed by atoms with E-state index in [0.717, 1.165) is 6.42 Å². The van der Waals surface area contributed by atoms with Crippen molar-refractivity contribution in [3.05, 3.63) is 29.8 Å². The third kappa shape index (κ3) is 3.53. The molecular weight excluding hydrogens is 250 g/mol. The van der Waals surface area contributed by atoms with Crippen molar-refractivity contribution in [1.82, 2.24) is 4.90 Å². The summed E-state index contributed by atoms with van der Waals surface area (Å²) in [6.45, 7) is -9.60. The van der Waals surface area contributed by atoms with Crippen LogP contribution in [0.3, 0.4) is 0 Å². The monoisotopic (exact) mass is 288 g/mol. The molecule has 0 unspecified atom stereocenters. The second-order valence-corrected chi connectivity index (χ2v) is 5.23. The first-order valence-corrected chi connectivity index (χ1v) is 6.70. The summed E-state index contributed by atoms with van der Waals surface area (Å²) in [4.78, 5) is -0.142. The van der Waals surface area contributed by atoms with Crippen LogP contribution in [0.25, 0.3) is 0 Å². The minimum Gasteiger partial charge on any atom is -0.497 e. The molecular formula is C17H27NO2. The second-order valence-electron chi connectivity index (χ2n) is 5.23. The number of benzene rings is 1. The van der Waals surface area contributed by atoms with Gasteiger partial charge in [0.25, 0.3) is 0 Å². The lowest BCUT2D eigenvalue weighted by molar-refractivity contribution is -0.0277. The fourth-order valence-electron chi connectivity index (χ4n) is 2.82. The molecule has 0 aromatic heterocycles. The molecule has 0 amide bonds. The Labute approximate surface area is 138 Å². The van der Waals surface area contributed by atoms with Crippen LogP contribution in [0.2, 0.25) is 0 Å². The molecule has 2 rings (SSSR count). The Hall–Kier alpha value is -1.06. The molecule has 1 N–H and O–H groups in total. The van der Waals surface area contributed by atoms with Crippen molar-refractivity contribution < 1.29 is 24.9 Å². The zero-order valence-electron chi connectivity index (χ0n) is 22.2. The van der Waals surface area contributed by atoms with Crippen LogP contribution in [0, 0.1) is 0 Å². The summed E-state index contributed by atoms with van der Waals surface area (Å²) >= 11 is 0. The first kappa shape index (κ1) is 6.37. The van der Waals surface area contributed by atoms with Crippen LogP contribution in [0.1, 0.15) is 58.7 Å². The van der Waals surface area contributed by atoms with Crippen LogP contribution < -0.4 is 4.74 Å². The smallest absolute Gasteiger partial charge is 0.118 e. The van der Waals surface area contributed by atoms with Crippen LogP contribution in [-0.2, 0) is 0 Å². The Balaban J connectivity index is 2.60. The van der Waals surface area contributed by atoms with Gasteiger partial charge in [0.1, 0.15) is 5.75 Å². The van der Waals surface area contributed by atoms with Crippen LogP contribution in [0.4, 0.5) is 0 Å². The molecule has 1 saturated carbocycles. The van der Waals surface area contributed by atoms with Crippen LogP contribution >= 0.6 is 0 Å². The molecule has 112 valence electrons. The van der Waals surface area contributed by atoms with Crippen molar-refractivity contribution in [2.45, 2.75) is 43.6 Å². The second kappa shape index (κ2) is 6.59. The van der Waals surface area contributed by atoms with Crippen molar-refractivity contribution in [2.24, 2.45) is 0 Å². The summed E-state index contributed by atoms with van der Waals surface area (Å²) in [5, 5.41) is 11.4. The summed E-state index contributed by atoms with van der Waals surface area (Å²) in [7, 11) is -2.70. The highest BCUT2D eigenvalue weighted by molar-refractivity contribution is 5.31. The molecule has 0 aliphatic heterocycles. The zero-order chi connectivity index (χ0) is 23.9. The maximum Gasteiger partial charge on any atom is 0.118 e. The van der Waals surface area contributed by atoms with Gasteiger partial charge in [-0.05, 0) is 44.5 Å². The number of hydrogen-bond acceptors (Lipinski definition) is 3. The molecule has 20 heavy (non-hydrogen) atoms. The molecule has 1 atom stereocenters. The van der Waals surface area contributed by atoms with Gasteiger partial charge < -0.3 is 14.7 Å². The van der Waals surface area contributed by atoms with Crippen LogP contribution in [-0.4, -0.2) is 43.1 Å². The minimum absolute atomic E-state index is 0.0257. The highest BCUT2D eigenvalue weighted by Gasteiger charge is 2.38. The lowest BCUT2D eigenvalue weighted by atomic mass is 9.72. The Kier molecular flexibility index (Phi) is 2.10. The van der Waals surface area contributed by atoms with Crippen LogP contribution in [0.5, 0.6) is 5.75 Å². The number of methoxy groups -OCH3 is 1. The standard InChI is InChI=1S/C17H27NO2/c1-18(2)13-16(17(19)11-5-4-6-12-17)14-7-9-15(20-3)10-8-14/h7-10,16,19H,4-6,11-13H2,1-3H3/t16-/m0/s1/i1D3,2D3,3D3,13D2. The van der Waals surface area contributed by atoms with Gasteiger partial charge in [-0.25, -0.2) is 0 Å². The fourth-order valence-corrected chi connectivity index (χ4v) is 2.82. The molecule has 3 nitrogen and oxygen atoms in total. The molecule has 0 heterocycles. The van der Waals surface area contributed by atoms with E-state index >= 15 is 0 Å². The lowest BCUT2D eigenvalue weighted by Gasteiger charge is -2.40. The first-order chi connectivity index (χ1) is 13.9. The summed E-state index contributed by atoms with van der Waals surface area (Å²) in [5.41, 5.74) is -1.55. The lowest BCUT2D eigenvalue weighted by Crippen LogP contribution is -2.42. The molecule has 1 aliphatic rings. The average Bonchev–Trinajstić information content (AvgIpc) is 2.52. The Bertz CT molecular complexity index is 720. The third-order valence-corrected chi connectivity index (χ3v) is 3.85. The Morgan fingerprint density at radius 1 is 1.30 bits per heavy atom. The number of likely N-dealkylation sites (N-methyl/N-ethyl adjacent to an activating group) is 1. The van der Waals surface area contributed by atoms with Gasteiger partial charge in [-0.1, -0.05) is 31.4 Å². The largest absolute Gasteiger partial charge is 0.497 e. The highest BCUT2D eigenvalue weighted by atomic mass is 16.5. The van der Waals surface area contributed by atoms with E-state index in [1.807, 2.05) is 0 Å². The molecule has 1 fully saturated rings. The maximum atomic E-state index is 11.4. The summed E-state index contributed by atoms with van der Waals surface area (Å²) in [6.07, 6.45) is 2.29. The summed E-state index contributed by atoms with van der Waals surface area (Å²) in [5.74, 6) is -1.55. The maximum absolute atomic E-state index is 11.4. The van der Waals surface area contributed by atoms with Gasteiger partial charge in [0.05, 0.1) is 16.8 Å². The number of ether oxygens (including phenoxy) is 1. The molecule has 0 bridgehead atoms. The predicted molar refractivity (Wildman–Crippen MR) is 82.3 cm³/mol. The first-order valence-electron chi connectivity index (χ1n) is 12.2. The van der Waals surface area contributed by atoms with E-state index in [1.54, 1.807) is 0 Å². The molecule has 0 spiro atoms. The van der Waals surface area contributed by atoms with E-state index in [9.17, 15) is 5.11 Å². The molecule has 1 aromatic rings. The summed E-state index contributed by atoms with van der Waals surface area (Å²) in [6, 6.07) is 5.19. The normalized spacial score (nSPS) is 30.6.